The Hall–Kier alpha value is -0.0400. The van der Waals surface area contributed by atoms with Crippen molar-refractivity contribution in [2.24, 2.45) is 11.3 Å². The fourth-order valence-corrected chi connectivity index (χ4v) is 3.48. The molecule has 0 saturated heterocycles. The molecule has 2 rings (SSSR count). The van der Waals surface area contributed by atoms with Crippen molar-refractivity contribution in [2.75, 3.05) is 0 Å². The van der Waals surface area contributed by atoms with E-state index in [2.05, 4.69) is 6.92 Å². The van der Waals surface area contributed by atoms with Crippen molar-refractivity contribution in [3.05, 3.63) is 0 Å². The molecule has 0 heterocycles. The zero-order valence-corrected chi connectivity index (χ0v) is 8.76. The van der Waals surface area contributed by atoms with Crippen LogP contribution in [-0.2, 0) is 0 Å². The Morgan fingerprint density at radius 3 is 2.38 bits per heavy atom. The van der Waals surface area contributed by atoms with Gasteiger partial charge >= 0.3 is 0 Å². The second-order valence-electron chi connectivity index (χ2n) is 5.25. The van der Waals surface area contributed by atoms with Crippen LogP contribution in [0.2, 0.25) is 0 Å². The van der Waals surface area contributed by atoms with Crippen LogP contribution in [0.5, 0.6) is 0 Å². The van der Waals surface area contributed by atoms with Gasteiger partial charge in [-0.25, -0.2) is 0 Å². The summed E-state index contributed by atoms with van der Waals surface area (Å²) < 4.78 is 0. The van der Waals surface area contributed by atoms with Crippen LogP contribution in [0.25, 0.3) is 0 Å². The maximum Gasteiger partial charge on any atom is 0.0543 e. The maximum absolute atomic E-state index is 9.59. The van der Waals surface area contributed by atoms with E-state index in [1.54, 1.807) is 0 Å². The first-order chi connectivity index (χ1) is 6.23. The topological polar surface area (TPSA) is 20.2 Å². The fourth-order valence-electron chi connectivity index (χ4n) is 3.48. The average Bonchev–Trinajstić information content (AvgIpc) is 2.14. The van der Waals surface area contributed by atoms with Crippen molar-refractivity contribution >= 4 is 0 Å². The molecule has 0 amide bonds. The van der Waals surface area contributed by atoms with Gasteiger partial charge in [-0.1, -0.05) is 26.2 Å². The van der Waals surface area contributed by atoms with Gasteiger partial charge in [-0.15, -0.1) is 0 Å². The monoisotopic (exact) mass is 182 g/mol. The summed E-state index contributed by atoms with van der Waals surface area (Å²) >= 11 is 0. The van der Waals surface area contributed by atoms with Gasteiger partial charge in [0.05, 0.1) is 6.10 Å². The second kappa shape index (κ2) is 3.61. The minimum atomic E-state index is 0.00236. The molecule has 76 valence electrons. The Bertz CT molecular complexity index is 170. The highest BCUT2D eigenvalue weighted by Gasteiger charge is 2.40. The van der Waals surface area contributed by atoms with Gasteiger partial charge in [-0.05, 0) is 43.4 Å². The summed E-state index contributed by atoms with van der Waals surface area (Å²) in [4.78, 5) is 0. The highest BCUT2D eigenvalue weighted by Crippen LogP contribution is 2.50. The molecule has 2 aliphatic carbocycles. The molecule has 0 aliphatic heterocycles. The van der Waals surface area contributed by atoms with Gasteiger partial charge in [0.15, 0.2) is 0 Å². The first kappa shape index (κ1) is 9.51. The maximum atomic E-state index is 9.59. The van der Waals surface area contributed by atoms with E-state index in [1.165, 1.54) is 38.5 Å². The van der Waals surface area contributed by atoms with E-state index in [1.807, 2.05) is 0 Å². The molecule has 0 bridgehead atoms. The molecule has 0 aromatic rings. The van der Waals surface area contributed by atoms with Gasteiger partial charge in [0.25, 0.3) is 0 Å². The molecule has 1 nitrogen and oxygen atoms in total. The second-order valence-corrected chi connectivity index (χ2v) is 5.25. The Morgan fingerprint density at radius 1 is 1.08 bits per heavy atom. The van der Waals surface area contributed by atoms with Crippen LogP contribution in [-0.4, -0.2) is 11.2 Å². The molecule has 0 radical (unpaired) electrons. The summed E-state index contributed by atoms with van der Waals surface area (Å²) in [6.07, 6.45) is 10.6. The lowest BCUT2D eigenvalue weighted by molar-refractivity contribution is -0.00751. The third kappa shape index (κ3) is 1.76. The average molecular weight is 182 g/mol. The summed E-state index contributed by atoms with van der Waals surface area (Å²) in [5.74, 6) is 0.761. The van der Waals surface area contributed by atoms with Gasteiger partial charge in [-0.2, -0.15) is 0 Å². The molecule has 0 aromatic heterocycles. The fraction of sp³-hybridized carbons (Fsp3) is 1.00. The number of hydrogen-bond acceptors (Lipinski definition) is 1. The zero-order valence-electron chi connectivity index (χ0n) is 8.76. The molecule has 2 fully saturated rings. The molecule has 1 heteroatoms. The number of rotatable bonds is 0. The SMILES string of the molecule is CC1CC(O)CCC12CCCCC2. The normalized spacial score (nSPS) is 39.2. The third-order valence-corrected chi connectivity index (χ3v) is 4.50. The van der Waals surface area contributed by atoms with E-state index >= 15 is 0 Å². The smallest absolute Gasteiger partial charge is 0.0543 e. The lowest BCUT2D eigenvalue weighted by atomic mass is 9.59. The highest BCUT2D eigenvalue weighted by atomic mass is 16.3. The number of aliphatic hydroxyl groups excluding tert-OH is 1. The van der Waals surface area contributed by atoms with Crippen LogP contribution in [0.15, 0.2) is 0 Å². The molecular formula is C12H22O. The lowest BCUT2D eigenvalue weighted by Crippen LogP contribution is -2.38. The molecule has 2 atom stereocenters. The van der Waals surface area contributed by atoms with E-state index in [9.17, 15) is 5.11 Å². The Morgan fingerprint density at radius 2 is 1.77 bits per heavy atom. The molecule has 2 aliphatic rings. The van der Waals surface area contributed by atoms with Crippen LogP contribution in [0, 0.1) is 11.3 Å². The summed E-state index contributed by atoms with van der Waals surface area (Å²) in [5, 5.41) is 9.59. The molecule has 13 heavy (non-hydrogen) atoms. The van der Waals surface area contributed by atoms with Crippen molar-refractivity contribution in [1.29, 1.82) is 0 Å². The highest BCUT2D eigenvalue weighted by molar-refractivity contribution is 4.92. The van der Waals surface area contributed by atoms with Crippen LogP contribution in [0.3, 0.4) is 0 Å². The van der Waals surface area contributed by atoms with Gasteiger partial charge in [0.1, 0.15) is 0 Å². The van der Waals surface area contributed by atoms with E-state index in [0.717, 1.165) is 18.8 Å². The third-order valence-electron chi connectivity index (χ3n) is 4.50. The lowest BCUT2D eigenvalue weighted by Gasteiger charge is -2.47. The van der Waals surface area contributed by atoms with Crippen LogP contribution in [0.1, 0.15) is 58.3 Å². The van der Waals surface area contributed by atoms with E-state index in [-0.39, 0.29) is 6.10 Å². The molecule has 2 saturated carbocycles. The summed E-state index contributed by atoms with van der Waals surface area (Å²) in [5.41, 5.74) is 0.636. The Kier molecular flexibility index (Phi) is 2.64. The van der Waals surface area contributed by atoms with E-state index in [4.69, 9.17) is 0 Å². The molecule has 2 unspecified atom stereocenters. The summed E-state index contributed by atoms with van der Waals surface area (Å²) in [6.45, 7) is 2.35. The Balaban J connectivity index is 2.03. The van der Waals surface area contributed by atoms with Gasteiger partial charge < -0.3 is 5.11 Å². The van der Waals surface area contributed by atoms with Crippen molar-refractivity contribution in [3.63, 3.8) is 0 Å². The van der Waals surface area contributed by atoms with Crippen molar-refractivity contribution < 1.29 is 5.11 Å². The van der Waals surface area contributed by atoms with Crippen molar-refractivity contribution in [2.45, 2.75) is 64.4 Å². The zero-order chi connectivity index (χ0) is 9.31. The Labute approximate surface area is 81.5 Å². The molecule has 1 N–H and O–H groups in total. The molecular weight excluding hydrogens is 160 g/mol. The standard InChI is InChI=1S/C12H22O/c1-10-9-11(13)5-8-12(10)6-3-2-4-7-12/h10-11,13H,2-9H2,1H3. The first-order valence-corrected chi connectivity index (χ1v) is 5.91. The quantitative estimate of drug-likeness (QED) is 0.610. The predicted octanol–water partition coefficient (Wildman–Crippen LogP) is 3.12. The molecule has 1 spiro atoms. The minimum Gasteiger partial charge on any atom is -0.393 e. The van der Waals surface area contributed by atoms with E-state index < -0.39 is 0 Å². The van der Waals surface area contributed by atoms with Gasteiger partial charge in [0, 0.05) is 0 Å². The summed E-state index contributed by atoms with van der Waals surface area (Å²) in [7, 11) is 0. The van der Waals surface area contributed by atoms with Crippen molar-refractivity contribution in [1.82, 2.24) is 0 Å². The number of aliphatic hydroxyl groups is 1. The van der Waals surface area contributed by atoms with Gasteiger partial charge in [0.2, 0.25) is 0 Å². The minimum absolute atomic E-state index is 0.00236. The van der Waals surface area contributed by atoms with E-state index in [0.29, 0.717) is 5.41 Å². The van der Waals surface area contributed by atoms with Gasteiger partial charge in [-0.3, -0.25) is 0 Å². The van der Waals surface area contributed by atoms with Crippen molar-refractivity contribution in [3.8, 4) is 0 Å². The first-order valence-electron chi connectivity index (χ1n) is 5.91. The number of hydrogen-bond donors (Lipinski definition) is 1. The van der Waals surface area contributed by atoms with Crippen LogP contribution < -0.4 is 0 Å². The van der Waals surface area contributed by atoms with Crippen LogP contribution >= 0.6 is 0 Å². The largest absolute Gasteiger partial charge is 0.393 e. The predicted molar refractivity (Wildman–Crippen MR) is 54.5 cm³/mol. The van der Waals surface area contributed by atoms with Crippen LogP contribution in [0.4, 0.5) is 0 Å². The summed E-state index contributed by atoms with van der Waals surface area (Å²) in [6, 6.07) is 0. The molecule has 0 aromatic carbocycles.